The Morgan fingerprint density at radius 2 is 1.86 bits per heavy atom. The third-order valence-electron chi connectivity index (χ3n) is 7.41. The minimum Gasteiger partial charge on any atom is -0.343 e. The van der Waals surface area contributed by atoms with Gasteiger partial charge < -0.3 is 15.2 Å². The van der Waals surface area contributed by atoms with Crippen molar-refractivity contribution in [2.24, 2.45) is 0 Å². The number of nitrogens with one attached hydrogen (secondary N) is 2. The Morgan fingerprint density at radius 1 is 1.06 bits per heavy atom. The number of allylic oxidation sites excluding steroid dienone is 1. The van der Waals surface area contributed by atoms with E-state index in [4.69, 9.17) is 4.98 Å². The topological polar surface area (TPSA) is 78.1 Å². The van der Waals surface area contributed by atoms with Crippen molar-refractivity contribution in [2.45, 2.75) is 32.1 Å². The Kier molecular flexibility index (Phi) is 5.64. The van der Waals surface area contributed by atoms with Gasteiger partial charge in [-0.05, 0) is 77.6 Å². The van der Waals surface area contributed by atoms with E-state index in [1.165, 1.54) is 16.7 Å². The Balaban J connectivity index is 1.30. The molecule has 0 bridgehead atoms. The summed E-state index contributed by atoms with van der Waals surface area (Å²) >= 11 is 0. The molecule has 1 saturated heterocycles. The second-order valence-corrected chi connectivity index (χ2v) is 9.67. The number of fused-ring (bicyclic) bond motifs is 2. The van der Waals surface area contributed by atoms with Gasteiger partial charge in [0, 0.05) is 37.5 Å². The van der Waals surface area contributed by atoms with Gasteiger partial charge in [-0.25, -0.2) is 4.98 Å². The van der Waals surface area contributed by atoms with Gasteiger partial charge in [-0.1, -0.05) is 36.4 Å². The largest absolute Gasteiger partial charge is 0.343 e. The second-order valence-electron chi connectivity index (χ2n) is 9.67. The molecule has 3 heterocycles. The molecule has 180 valence electrons. The number of carbonyl (C=O) groups is 1. The van der Waals surface area contributed by atoms with Gasteiger partial charge in [-0.3, -0.25) is 9.59 Å². The molecule has 1 amide bonds. The Morgan fingerprint density at radius 3 is 2.64 bits per heavy atom. The maximum Gasteiger partial charge on any atom is 0.259 e. The fourth-order valence-electron chi connectivity index (χ4n) is 5.37. The van der Waals surface area contributed by atoms with Crippen LogP contribution in [0.2, 0.25) is 0 Å². The molecule has 0 unspecified atom stereocenters. The molecule has 1 aliphatic heterocycles. The van der Waals surface area contributed by atoms with E-state index < -0.39 is 0 Å². The molecular formula is C30H28N4O2. The van der Waals surface area contributed by atoms with Crippen LogP contribution in [0.5, 0.6) is 0 Å². The Bertz CT molecular complexity index is 1540. The molecule has 2 N–H and O–H groups in total. The number of carbonyl (C=O) groups excluding carboxylic acids is 1. The standard InChI is InChI=1S/C30H28N4O2/c1-19(35)34-15-12-22(13-16-34)21-7-9-26(10-8-21)32-29-28-25(11-14-31-30(28)36)18-27(33-29)24-6-5-20-3-2-4-23(20)17-24/h2-3,5-11,14,17-18,22H,4,12-13,15-16H2,1H3,(H,31,36)(H,32,33). The van der Waals surface area contributed by atoms with Gasteiger partial charge in [0.2, 0.25) is 5.91 Å². The summed E-state index contributed by atoms with van der Waals surface area (Å²) in [5, 5.41) is 4.80. The van der Waals surface area contributed by atoms with Crippen molar-refractivity contribution >= 4 is 34.3 Å². The Hall–Kier alpha value is -4.19. The summed E-state index contributed by atoms with van der Waals surface area (Å²) in [4.78, 5) is 34.0. The number of aromatic nitrogens is 2. The third-order valence-corrected chi connectivity index (χ3v) is 7.41. The van der Waals surface area contributed by atoms with Gasteiger partial charge >= 0.3 is 0 Å². The first kappa shape index (κ1) is 22.3. The molecule has 0 radical (unpaired) electrons. The lowest BCUT2D eigenvalue weighted by Crippen LogP contribution is -2.36. The molecule has 2 aromatic heterocycles. The summed E-state index contributed by atoms with van der Waals surface area (Å²) in [6.07, 6.45) is 8.89. The maximum absolute atomic E-state index is 12.8. The van der Waals surface area contributed by atoms with Crippen LogP contribution in [0.3, 0.4) is 0 Å². The summed E-state index contributed by atoms with van der Waals surface area (Å²) < 4.78 is 0. The van der Waals surface area contributed by atoms with E-state index >= 15 is 0 Å². The van der Waals surface area contributed by atoms with Gasteiger partial charge in [-0.2, -0.15) is 0 Å². The van der Waals surface area contributed by atoms with Gasteiger partial charge in [0.25, 0.3) is 5.56 Å². The van der Waals surface area contributed by atoms with E-state index in [2.05, 4.69) is 52.8 Å². The molecule has 0 spiro atoms. The summed E-state index contributed by atoms with van der Waals surface area (Å²) in [5.41, 5.74) is 6.41. The number of rotatable bonds is 4. The molecule has 1 aliphatic carbocycles. The van der Waals surface area contributed by atoms with Crippen LogP contribution in [-0.4, -0.2) is 33.9 Å². The minimum atomic E-state index is -0.166. The SMILES string of the molecule is CC(=O)N1CCC(c2ccc(Nc3nc(-c4ccc5c(c4)CC=C5)cc4cc[nH]c(=O)c34)cc2)CC1. The highest BCUT2D eigenvalue weighted by Crippen LogP contribution is 2.32. The number of amides is 1. The van der Waals surface area contributed by atoms with Crippen LogP contribution in [0.15, 0.2) is 71.7 Å². The monoisotopic (exact) mass is 476 g/mol. The predicted octanol–water partition coefficient (Wildman–Crippen LogP) is 5.63. The number of pyridine rings is 2. The number of anilines is 2. The van der Waals surface area contributed by atoms with Crippen molar-refractivity contribution in [1.82, 2.24) is 14.9 Å². The molecule has 4 aromatic rings. The van der Waals surface area contributed by atoms with Crippen LogP contribution in [0.25, 0.3) is 28.1 Å². The van der Waals surface area contributed by atoms with E-state index in [0.29, 0.717) is 17.1 Å². The molecule has 1 fully saturated rings. The normalized spacial score (nSPS) is 15.3. The number of aromatic amines is 1. The van der Waals surface area contributed by atoms with Crippen molar-refractivity contribution in [3.63, 3.8) is 0 Å². The van der Waals surface area contributed by atoms with Gasteiger partial charge in [0.1, 0.15) is 5.82 Å². The predicted molar refractivity (Wildman–Crippen MR) is 144 cm³/mol. The van der Waals surface area contributed by atoms with Crippen molar-refractivity contribution < 1.29 is 4.79 Å². The third kappa shape index (κ3) is 4.19. The number of nitrogens with zero attached hydrogens (tertiary/aromatic N) is 2. The highest BCUT2D eigenvalue weighted by molar-refractivity contribution is 5.95. The molecule has 2 aromatic carbocycles. The molecule has 6 nitrogen and oxygen atoms in total. The number of hydrogen-bond acceptors (Lipinski definition) is 4. The zero-order chi connectivity index (χ0) is 24.6. The first-order valence-electron chi connectivity index (χ1n) is 12.5. The van der Waals surface area contributed by atoms with Crippen LogP contribution >= 0.6 is 0 Å². The molecule has 36 heavy (non-hydrogen) atoms. The van der Waals surface area contributed by atoms with Crippen LogP contribution < -0.4 is 10.9 Å². The van der Waals surface area contributed by atoms with Crippen LogP contribution in [-0.2, 0) is 11.2 Å². The van der Waals surface area contributed by atoms with Gasteiger partial charge in [0.05, 0.1) is 11.1 Å². The number of hydrogen-bond donors (Lipinski definition) is 2. The smallest absolute Gasteiger partial charge is 0.259 e. The molecule has 2 aliphatic rings. The van der Waals surface area contributed by atoms with Crippen molar-refractivity contribution in [3.05, 3.63) is 93.9 Å². The van der Waals surface area contributed by atoms with E-state index in [9.17, 15) is 9.59 Å². The van der Waals surface area contributed by atoms with Crippen LogP contribution in [0.1, 0.15) is 42.4 Å². The summed E-state index contributed by atoms with van der Waals surface area (Å²) in [6, 6.07) is 18.7. The zero-order valence-corrected chi connectivity index (χ0v) is 20.3. The maximum atomic E-state index is 12.8. The van der Waals surface area contributed by atoms with E-state index in [-0.39, 0.29) is 11.5 Å². The van der Waals surface area contributed by atoms with Crippen molar-refractivity contribution in [2.75, 3.05) is 18.4 Å². The van der Waals surface area contributed by atoms with Gasteiger partial charge in [0.15, 0.2) is 0 Å². The summed E-state index contributed by atoms with van der Waals surface area (Å²) in [5.74, 6) is 1.15. The molecule has 0 atom stereocenters. The van der Waals surface area contributed by atoms with Crippen LogP contribution in [0, 0.1) is 0 Å². The first-order valence-corrected chi connectivity index (χ1v) is 12.5. The Labute approximate surface area is 209 Å². The lowest BCUT2D eigenvalue weighted by atomic mass is 9.89. The summed E-state index contributed by atoms with van der Waals surface area (Å²) in [6.45, 7) is 3.26. The van der Waals surface area contributed by atoms with Crippen molar-refractivity contribution in [3.8, 4) is 11.3 Å². The number of H-pyrrole nitrogens is 1. The summed E-state index contributed by atoms with van der Waals surface area (Å²) in [7, 11) is 0. The highest BCUT2D eigenvalue weighted by atomic mass is 16.2. The van der Waals surface area contributed by atoms with E-state index in [1.54, 1.807) is 13.1 Å². The average Bonchev–Trinajstić information content (AvgIpc) is 3.37. The lowest BCUT2D eigenvalue weighted by Gasteiger charge is -2.31. The van der Waals surface area contributed by atoms with E-state index in [1.807, 2.05) is 29.2 Å². The van der Waals surface area contributed by atoms with Crippen LogP contribution in [0.4, 0.5) is 11.5 Å². The zero-order valence-electron chi connectivity index (χ0n) is 20.3. The molecule has 6 heteroatoms. The molecule has 6 rings (SSSR count). The lowest BCUT2D eigenvalue weighted by molar-refractivity contribution is -0.129. The first-order chi connectivity index (χ1) is 17.5. The fourth-order valence-corrected chi connectivity index (χ4v) is 5.37. The second kappa shape index (κ2) is 9.11. The number of likely N-dealkylation sites (tertiary alicyclic amines) is 1. The van der Waals surface area contributed by atoms with Crippen molar-refractivity contribution in [1.29, 1.82) is 0 Å². The number of benzene rings is 2. The van der Waals surface area contributed by atoms with E-state index in [0.717, 1.165) is 54.7 Å². The highest BCUT2D eigenvalue weighted by Gasteiger charge is 2.22. The average molecular weight is 477 g/mol. The fraction of sp³-hybridized carbons (Fsp3) is 0.233. The minimum absolute atomic E-state index is 0.154. The molecular weight excluding hydrogens is 448 g/mol. The quantitative estimate of drug-likeness (QED) is 0.400. The van der Waals surface area contributed by atoms with Gasteiger partial charge in [-0.15, -0.1) is 0 Å². The molecule has 0 saturated carbocycles. The number of piperidine rings is 1.